The smallest absolute Gasteiger partial charge is 0.221 e. The highest BCUT2D eigenvalue weighted by molar-refractivity contribution is 5.88. The van der Waals surface area contributed by atoms with E-state index in [0.717, 1.165) is 35.7 Å². The Kier molecular flexibility index (Phi) is 4.00. The lowest BCUT2D eigenvalue weighted by atomic mass is 10.2. The van der Waals surface area contributed by atoms with Crippen LogP contribution in [0.3, 0.4) is 0 Å². The highest BCUT2D eigenvalue weighted by atomic mass is 16.1. The lowest BCUT2D eigenvalue weighted by Crippen LogP contribution is -2.05. The summed E-state index contributed by atoms with van der Waals surface area (Å²) in [6.45, 7) is 2.32. The Hall–Kier alpha value is -2.89. The minimum absolute atomic E-state index is 0.0752. The van der Waals surface area contributed by atoms with Gasteiger partial charge in [-0.15, -0.1) is 0 Å². The van der Waals surface area contributed by atoms with Gasteiger partial charge < -0.3 is 14.9 Å². The Morgan fingerprint density at radius 2 is 2.14 bits per heavy atom. The van der Waals surface area contributed by atoms with Crippen LogP contribution in [0.4, 0.5) is 5.69 Å². The monoisotopic (exact) mass is 295 g/mol. The van der Waals surface area contributed by atoms with Crippen molar-refractivity contribution in [3.05, 3.63) is 54.9 Å². The third kappa shape index (κ3) is 3.22. The maximum absolute atomic E-state index is 11.0. The van der Waals surface area contributed by atoms with Gasteiger partial charge >= 0.3 is 0 Å². The Balaban J connectivity index is 1.74. The van der Waals surface area contributed by atoms with Crippen molar-refractivity contribution in [2.75, 3.05) is 5.32 Å². The Bertz CT molecular complexity index is 743. The molecule has 0 atom stereocenters. The number of amides is 1. The van der Waals surface area contributed by atoms with Gasteiger partial charge in [-0.05, 0) is 24.3 Å². The molecule has 6 heteroatoms. The van der Waals surface area contributed by atoms with Crippen LogP contribution in [0.1, 0.15) is 12.6 Å². The van der Waals surface area contributed by atoms with Gasteiger partial charge in [-0.25, -0.2) is 9.97 Å². The highest BCUT2D eigenvalue weighted by Crippen LogP contribution is 2.20. The minimum atomic E-state index is -0.0752. The molecule has 0 saturated heterocycles. The normalized spacial score (nSPS) is 10.6. The number of benzene rings is 1. The number of nitrogens with one attached hydrogen (secondary N) is 2. The van der Waals surface area contributed by atoms with Crippen LogP contribution in [0.5, 0.6) is 0 Å². The molecule has 1 amide bonds. The molecule has 6 nitrogen and oxygen atoms in total. The molecule has 0 aliphatic carbocycles. The standard InChI is InChI=1S/C16H17N5O/c1-12(22)20-14-4-2-13(3-5-14)16-18-7-9-21(16)8-6-15-10-17-11-19-15/h2-5,7,9-11H,6,8H2,1H3,(H,17,19)(H,20,22). The summed E-state index contributed by atoms with van der Waals surface area (Å²) in [7, 11) is 0. The number of hydrogen-bond acceptors (Lipinski definition) is 3. The summed E-state index contributed by atoms with van der Waals surface area (Å²) >= 11 is 0. The van der Waals surface area contributed by atoms with E-state index in [2.05, 4.69) is 24.8 Å². The summed E-state index contributed by atoms with van der Waals surface area (Å²) in [4.78, 5) is 22.6. The predicted molar refractivity (Wildman–Crippen MR) is 84.3 cm³/mol. The maximum atomic E-state index is 11.0. The van der Waals surface area contributed by atoms with Crippen LogP contribution in [0, 0.1) is 0 Å². The van der Waals surface area contributed by atoms with Crippen molar-refractivity contribution >= 4 is 11.6 Å². The van der Waals surface area contributed by atoms with Gasteiger partial charge in [0.2, 0.25) is 5.91 Å². The van der Waals surface area contributed by atoms with E-state index >= 15 is 0 Å². The van der Waals surface area contributed by atoms with Crippen LogP contribution in [-0.4, -0.2) is 25.4 Å². The van der Waals surface area contributed by atoms with Crippen LogP contribution in [0.15, 0.2) is 49.2 Å². The van der Waals surface area contributed by atoms with E-state index in [1.165, 1.54) is 6.92 Å². The number of imidazole rings is 2. The molecule has 0 saturated carbocycles. The van der Waals surface area contributed by atoms with E-state index < -0.39 is 0 Å². The molecule has 1 aromatic carbocycles. The number of anilines is 1. The fraction of sp³-hybridized carbons (Fsp3) is 0.188. The van der Waals surface area contributed by atoms with E-state index in [4.69, 9.17) is 0 Å². The first-order chi connectivity index (χ1) is 10.7. The predicted octanol–water partition coefficient (Wildman–Crippen LogP) is 2.47. The van der Waals surface area contributed by atoms with Crippen LogP contribution < -0.4 is 5.32 Å². The van der Waals surface area contributed by atoms with Gasteiger partial charge in [0.1, 0.15) is 5.82 Å². The van der Waals surface area contributed by atoms with Crippen LogP contribution in [0.2, 0.25) is 0 Å². The average molecular weight is 295 g/mol. The molecule has 2 aromatic heterocycles. The van der Waals surface area contributed by atoms with Gasteiger partial charge in [0, 0.05) is 55.4 Å². The van der Waals surface area contributed by atoms with Crippen molar-refractivity contribution in [1.29, 1.82) is 0 Å². The molecular formula is C16H17N5O. The molecule has 0 spiro atoms. The van der Waals surface area contributed by atoms with Crippen LogP contribution in [-0.2, 0) is 17.8 Å². The zero-order chi connectivity index (χ0) is 15.4. The van der Waals surface area contributed by atoms with Gasteiger partial charge in [0.15, 0.2) is 0 Å². The molecule has 0 radical (unpaired) electrons. The fourth-order valence-electron chi connectivity index (χ4n) is 2.32. The third-order valence-corrected chi connectivity index (χ3v) is 3.36. The summed E-state index contributed by atoms with van der Waals surface area (Å²) in [6.07, 6.45) is 8.15. The molecule has 0 fully saturated rings. The first-order valence-electron chi connectivity index (χ1n) is 7.09. The minimum Gasteiger partial charge on any atom is -0.348 e. The van der Waals surface area contributed by atoms with E-state index in [0.29, 0.717) is 0 Å². The van der Waals surface area contributed by atoms with Gasteiger partial charge in [0.25, 0.3) is 0 Å². The topological polar surface area (TPSA) is 75.6 Å². The number of aryl methyl sites for hydroxylation is 2. The summed E-state index contributed by atoms with van der Waals surface area (Å²) in [5, 5.41) is 2.76. The van der Waals surface area contributed by atoms with Crippen molar-refractivity contribution < 1.29 is 4.79 Å². The van der Waals surface area contributed by atoms with E-state index in [9.17, 15) is 4.79 Å². The van der Waals surface area contributed by atoms with Gasteiger partial charge in [-0.3, -0.25) is 4.79 Å². The number of aromatic nitrogens is 4. The fourth-order valence-corrected chi connectivity index (χ4v) is 2.32. The molecule has 0 unspecified atom stereocenters. The summed E-state index contributed by atoms with van der Waals surface area (Å²) in [6, 6.07) is 7.68. The van der Waals surface area contributed by atoms with E-state index in [1.807, 2.05) is 36.7 Å². The zero-order valence-corrected chi connectivity index (χ0v) is 12.3. The lowest BCUT2D eigenvalue weighted by molar-refractivity contribution is -0.114. The molecule has 22 heavy (non-hydrogen) atoms. The molecule has 0 aliphatic heterocycles. The molecule has 3 rings (SSSR count). The Morgan fingerprint density at radius 3 is 2.82 bits per heavy atom. The molecule has 2 N–H and O–H groups in total. The number of rotatable bonds is 5. The lowest BCUT2D eigenvalue weighted by Gasteiger charge is -2.08. The summed E-state index contributed by atoms with van der Waals surface area (Å²) in [5.41, 5.74) is 2.90. The second-order valence-electron chi connectivity index (χ2n) is 5.03. The highest BCUT2D eigenvalue weighted by Gasteiger charge is 2.07. The Labute approximate surface area is 128 Å². The molecule has 112 valence electrons. The Morgan fingerprint density at radius 1 is 1.32 bits per heavy atom. The maximum Gasteiger partial charge on any atom is 0.221 e. The van der Waals surface area contributed by atoms with E-state index in [1.54, 1.807) is 12.5 Å². The summed E-state index contributed by atoms with van der Waals surface area (Å²) in [5.74, 6) is 0.836. The second kappa shape index (κ2) is 6.26. The number of H-pyrrole nitrogens is 1. The largest absolute Gasteiger partial charge is 0.348 e. The molecule has 0 bridgehead atoms. The van der Waals surface area contributed by atoms with Crippen LogP contribution in [0.25, 0.3) is 11.4 Å². The second-order valence-corrected chi connectivity index (χ2v) is 5.03. The molecule has 0 aliphatic rings. The van der Waals surface area contributed by atoms with Gasteiger partial charge in [0.05, 0.1) is 6.33 Å². The number of aromatic amines is 1. The van der Waals surface area contributed by atoms with Crippen molar-refractivity contribution in [2.24, 2.45) is 0 Å². The van der Waals surface area contributed by atoms with Crippen molar-refractivity contribution in [3.8, 4) is 11.4 Å². The molecular weight excluding hydrogens is 278 g/mol. The number of nitrogens with zero attached hydrogens (tertiary/aromatic N) is 3. The van der Waals surface area contributed by atoms with Crippen molar-refractivity contribution in [1.82, 2.24) is 19.5 Å². The van der Waals surface area contributed by atoms with E-state index in [-0.39, 0.29) is 5.91 Å². The average Bonchev–Trinajstić information content (AvgIpc) is 3.17. The molecule has 3 aromatic rings. The van der Waals surface area contributed by atoms with Gasteiger partial charge in [-0.2, -0.15) is 0 Å². The van der Waals surface area contributed by atoms with Crippen molar-refractivity contribution in [2.45, 2.75) is 19.9 Å². The SMILES string of the molecule is CC(=O)Nc1ccc(-c2nccn2CCc2cnc[nH]2)cc1. The first-order valence-corrected chi connectivity index (χ1v) is 7.09. The van der Waals surface area contributed by atoms with Crippen LogP contribution >= 0.6 is 0 Å². The third-order valence-electron chi connectivity index (χ3n) is 3.36. The first kappa shape index (κ1) is 14.1. The summed E-state index contributed by atoms with van der Waals surface area (Å²) < 4.78 is 2.11. The quantitative estimate of drug-likeness (QED) is 0.759. The molecule has 2 heterocycles. The number of hydrogen-bond donors (Lipinski definition) is 2. The number of carbonyl (C=O) groups excluding carboxylic acids is 1. The van der Waals surface area contributed by atoms with Gasteiger partial charge in [-0.1, -0.05) is 0 Å². The number of carbonyl (C=O) groups is 1. The van der Waals surface area contributed by atoms with Crippen molar-refractivity contribution in [3.63, 3.8) is 0 Å². The zero-order valence-electron chi connectivity index (χ0n) is 12.3.